The van der Waals surface area contributed by atoms with Crippen LogP contribution in [0.2, 0.25) is 0 Å². The Bertz CT molecular complexity index is 438. The highest BCUT2D eigenvalue weighted by Gasteiger charge is 2.42. The molecule has 0 aromatic carbocycles. The lowest BCUT2D eigenvalue weighted by atomic mass is 10.1. The van der Waals surface area contributed by atoms with Crippen LogP contribution in [0.1, 0.15) is 25.7 Å². The molecule has 2 atom stereocenters. The maximum Gasteiger partial charge on any atom is 0.322 e. The van der Waals surface area contributed by atoms with Gasteiger partial charge in [-0.15, -0.1) is 0 Å². The Morgan fingerprint density at radius 2 is 2.00 bits per heavy atom. The van der Waals surface area contributed by atoms with Gasteiger partial charge in [0.05, 0.1) is 6.10 Å². The van der Waals surface area contributed by atoms with Crippen molar-refractivity contribution >= 4 is 16.2 Å². The third-order valence-electron chi connectivity index (χ3n) is 3.80. The van der Waals surface area contributed by atoms with Gasteiger partial charge in [0.2, 0.25) is 0 Å². The Kier molecular flexibility index (Phi) is 4.44. The van der Waals surface area contributed by atoms with Crippen molar-refractivity contribution in [1.29, 1.82) is 0 Å². The predicted molar refractivity (Wildman–Crippen MR) is 67.9 cm³/mol. The largest absolute Gasteiger partial charge is 0.480 e. The van der Waals surface area contributed by atoms with Crippen LogP contribution in [-0.4, -0.2) is 67.0 Å². The van der Waals surface area contributed by atoms with Crippen LogP contribution < -0.4 is 0 Å². The van der Waals surface area contributed by atoms with Crippen LogP contribution in [0.5, 0.6) is 0 Å². The molecule has 2 rings (SSSR count). The van der Waals surface area contributed by atoms with Crippen molar-refractivity contribution in [2.45, 2.75) is 37.8 Å². The zero-order valence-corrected chi connectivity index (χ0v) is 11.8. The van der Waals surface area contributed by atoms with Gasteiger partial charge < -0.3 is 9.84 Å². The second kappa shape index (κ2) is 5.74. The number of carboxylic acids is 1. The van der Waals surface area contributed by atoms with Gasteiger partial charge in [-0.1, -0.05) is 0 Å². The fourth-order valence-corrected chi connectivity index (χ4v) is 4.54. The lowest BCUT2D eigenvalue weighted by Gasteiger charge is -2.34. The summed E-state index contributed by atoms with van der Waals surface area (Å²) in [7, 11) is -2.14. The third-order valence-corrected chi connectivity index (χ3v) is 5.82. The van der Waals surface area contributed by atoms with Crippen LogP contribution >= 0.6 is 0 Å². The van der Waals surface area contributed by atoms with Gasteiger partial charge in [0.1, 0.15) is 6.04 Å². The van der Waals surface area contributed by atoms with Crippen LogP contribution in [0.3, 0.4) is 0 Å². The molecular weight excluding hydrogens is 272 g/mol. The number of hydrogen-bond donors (Lipinski definition) is 1. The van der Waals surface area contributed by atoms with E-state index in [4.69, 9.17) is 9.84 Å². The zero-order chi connectivity index (χ0) is 14.0. The van der Waals surface area contributed by atoms with E-state index >= 15 is 0 Å². The number of nitrogens with zero attached hydrogens (tertiary/aromatic N) is 2. The van der Waals surface area contributed by atoms with E-state index in [2.05, 4.69) is 0 Å². The first-order valence-electron chi connectivity index (χ1n) is 6.49. The summed E-state index contributed by atoms with van der Waals surface area (Å²) in [6.07, 6.45) is 2.41. The quantitative estimate of drug-likeness (QED) is 0.781. The van der Waals surface area contributed by atoms with Crippen LogP contribution in [0.15, 0.2) is 0 Å². The summed E-state index contributed by atoms with van der Waals surface area (Å²) < 4.78 is 32.6. The molecule has 0 aromatic heterocycles. The molecule has 0 amide bonds. The summed E-state index contributed by atoms with van der Waals surface area (Å²) in [5.74, 6) is -1.06. The smallest absolute Gasteiger partial charge is 0.322 e. The highest BCUT2D eigenvalue weighted by Crippen LogP contribution is 2.25. The van der Waals surface area contributed by atoms with Crippen molar-refractivity contribution in [3.63, 3.8) is 0 Å². The molecule has 1 N–H and O–H groups in total. The van der Waals surface area contributed by atoms with E-state index in [1.165, 1.54) is 4.31 Å². The maximum atomic E-state index is 12.5. The second-order valence-corrected chi connectivity index (χ2v) is 6.85. The molecule has 2 saturated heterocycles. The van der Waals surface area contributed by atoms with E-state index < -0.39 is 22.2 Å². The van der Waals surface area contributed by atoms with Gasteiger partial charge in [-0.05, 0) is 25.7 Å². The average molecular weight is 292 g/mol. The molecule has 8 heteroatoms. The summed E-state index contributed by atoms with van der Waals surface area (Å²) in [5, 5.41) is 9.16. The van der Waals surface area contributed by atoms with Crippen molar-refractivity contribution in [3.05, 3.63) is 0 Å². The Morgan fingerprint density at radius 1 is 1.26 bits per heavy atom. The molecule has 0 bridgehead atoms. The Labute approximate surface area is 113 Å². The molecule has 2 fully saturated rings. The maximum absolute atomic E-state index is 12.5. The topological polar surface area (TPSA) is 87.2 Å². The summed E-state index contributed by atoms with van der Waals surface area (Å²) in [6, 6.07) is -0.930. The molecule has 0 aromatic rings. The number of hydrogen-bond acceptors (Lipinski definition) is 4. The number of carbonyl (C=O) groups is 1. The molecule has 7 nitrogen and oxygen atoms in total. The van der Waals surface area contributed by atoms with Crippen LogP contribution in [-0.2, 0) is 19.7 Å². The fourth-order valence-electron chi connectivity index (χ4n) is 2.68. The summed E-state index contributed by atoms with van der Waals surface area (Å²) in [6.45, 7) is 0.985. The minimum Gasteiger partial charge on any atom is -0.480 e. The van der Waals surface area contributed by atoms with Crippen LogP contribution in [0.4, 0.5) is 0 Å². The molecule has 0 radical (unpaired) electrons. The first-order valence-corrected chi connectivity index (χ1v) is 7.89. The van der Waals surface area contributed by atoms with E-state index in [0.717, 1.165) is 10.7 Å². The van der Waals surface area contributed by atoms with Crippen LogP contribution in [0, 0.1) is 0 Å². The lowest BCUT2D eigenvalue weighted by molar-refractivity contribution is -0.142. The van der Waals surface area contributed by atoms with Gasteiger partial charge in [0.15, 0.2) is 0 Å². The Hall–Kier alpha value is -0.700. The normalized spacial score (nSPS) is 30.6. The molecule has 2 aliphatic heterocycles. The van der Waals surface area contributed by atoms with Crippen molar-refractivity contribution in [3.8, 4) is 0 Å². The van der Waals surface area contributed by atoms with Gasteiger partial charge in [-0.25, -0.2) is 0 Å². The first kappa shape index (κ1) is 14.7. The molecule has 0 aliphatic carbocycles. The zero-order valence-electron chi connectivity index (χ0n) is 11.0. The monoisotopic (exact) mass is 292 g/mol. The number of carboxylic acid groups (broad SMARTS) is 1. The predicted octanol–water partition coefficient (Wildman–Crippen LogP) is -0.109. The first-order chi connectivity index (χ1) is 8.96. The standard InChI is InChI=1S/C11H20N2O5S/c1-18-9-5-7-12(8-9)19(16,17)13-6-3-2-4-10(13)11(14)15/h9-10H,2-8H2,1H3,(H,14,15). The number of ether oxygens (including phenoxy) is 1. The highest BCUT2D eigenvalue weighted by molar-refractivity contribution is 7.86. The Balaban J connectivity index is 2.16. The molecule has 0 spiro atoms. The van der Waals surface area contributed by atoms with Crippen molar-refractivity contribution in [2.24, 2.45) is 0 Å². The summed E-state index contributed by atoms with van der Waals surface area (Å²) >= 11 is 0. The molecule has 2 heterocycles. The van der Waals surface area contributed by atoms with Crippen molar-refractivity contribution < 1.29 is 23.1 Å². The van der Waals surface area contributed by atoms with Gasteiger partial charge in [-0.2, -0.15) is 17.0 Å². The number of piperidine rings is 1. The minimum atomic E-state index is -3.69. The molecular formula is C11H20N2O5S. The van der Waals surface area contributed by atoms with Gasteiger partial charge in [0.25, 0.3) is 10.2 Å². The van der Waals surface area contributed by atoms with Crippen molar-refractivity contribution in [1.82, 2.24) is 8.61 Å². The van der Waals surface area contributed by atoms with Gasteiger partial charge in [0, 0.05) is 26.7 Å². The van der Waals surface area contributed by atoms with E-state index in [-0.39, 0.29) is 12.6 Å². The number of rotatable bonds is 4. The molecule has 2 unspecified atom stereocenters. The van der Waals surface area contributed by atoms with E-state index in [1.807, 2.05) is 0 Å². The van der Waals surface area contributed by atoms with Crippen molar-refractivity contribution in [2.75, 3.05) is 26.7 Å². The van der Waals surface area contributed by atoms with Gasteiger partial charge in [-0.3, -0.25) is 4.79 Å². The SMILES string of the molecule is COC1CCN(S(=O)(=O)N2CCCCC2C(=O)O)C1. The molecule has 110 valence electrons. The van der Waals surface area contributed by atoms with Gasteiger partial charge >= 0.3 is 5.97 Å². The minimum absolute atomic E-state index is 0.0946. The van der Waals surface area contributed by atoms with E-state index in [9.17, 15) is 13.2 Å². The summed E-state index contributed by atoms with van der Waals surface area (Å²) in [4.78, 5) is 11.2. The lowest BCUT2D eigenvalue weighted by Crippen LogP contribution is -2.53. The highest BCUT2D eigenvalue weighted by atomic mass is 32.2. The fraction of sp³-hybridized carbons (Fsp3) is 0.909. The molecule has 0 saturated carbocycles. The summed E-state index contributed by atoms with van der Waals surface area (Å²) in [5.41, 5.74) is 0. The van der Waals surface area contributed by atoms with Crippen LogP contribution in [0.25, 0.3) is 0 Å². The number of methoxy groups -OCH3 is 1. The molecule has 2 aliphatic rings. The Morgan fingerprint density at radius 3 is 2.58 bits per heavy atom. The van der Waals surface area contributed by atoms with E-state index in [1.54, 1.807) is 7.11 Å². The third kappa shape index (κ3) is 2.91. The van der Waals surface area contributed by atoms with E-state index in [0.29, 0.717) is 32.4 Å². The second-order valence-electron chi connectivity index (χ2n) is 4.97. The average Bonchev–Trinajstić information content (AvgIpc) is 2.88. The number of aliphatic carboxylic acids is 1. The molecule has 19 heavy (non-hydrogen) atoms.